The monoisotopic (exact) mass is 474 g/mol. The van der Waals surface area contributed by atoms with Crippen LogP contribution in [0.4, 0.5) is 0 Å². The molecule has 0 amide bonds. The van der Waals surface area contributed by atoms with Crippen LogP contribution in [0.15, 0.2) is 6.07 Å². The van der Waals surface area contributed by atoms with Crippen molar-refractivity contribution in [3.63, 3.8) is 0 Å². The summed E-state index contributed by atoms with van der Waals surface area (Å²) in [5, 5.41) is 70.9. The van der Waals surface area contributed by atoms with Gasteiger partial charge in [0.05, 0.1) is 25.4 Å². The van der Waals surface area contributed by atoms with Gasteiger partial charge in [-0.1, -0.05) is 0 Å². The van der Waals surface area contributed by atoms with E-state index in [9.17, 15) is 40.5 Å². The molecule has 1 aromatic carbocycles. The Hall–Kier alpha value is -2.23. The molecule has 0 aromatic heterocycles. The summed E-state index contributed by atoms with van der Waals surface area (Å²) in [6, 6.07) is 1.14. The van der Waals surface area contributed by atoms with Gasteiger partial charge >= 0.3 is 5.97 Å². The molecule has 0 radical (unpaired) electrons. The molecular formula is C20H26O13. The second kappa shape index (κ2) is 8.85. The van der Waals surface area contributed by atoms with Crippen LogP contribution in [0.25, 0.3) is 0 Å². The highest BCUT2D eigenvalue weighted by atomic mass is 16.7. The minimum Gasteiger partial charge on any atom is -0.504 e. The van der Waals surface area contributed by atoms with E-state index in [4.69, 9.17) is 23.7 Å². The standard InChI is InChI=1S/C20H26O13/c1-5-10(22)13(25)15(27)20(30-5)32-7-3-6-9(12(24)16(7)29-2)17-18(33-19(6)28)14(26)11(23)8(4-21)31-17/h3,5,8,10-11,13-15,17-18,20-27H,4H2,1-2H3/t5-,8+,10-,11+,13+,14-,15+,17-,18+,20-/m0/s1. The van der Waals surface area contributed by atoms with E-state index >= 15 is 0 Å². The predicted molar refractivity (Wildman–Crippen MR) is 104 cm³/mol. The number of fused-ring (bicyclic) bond motifs is 3. The van der Waals surface area contributed by atoms with Crippen molar-refractivity contribution in [2.75, 3.05) is 13.7 Å². The topological polar surface area (TPSA) is 205 Å². The van der Waals surface area contributed by atoms with Crippen molar-refractivity contribution in [3.8, 4) is 17.2 Å². The van der Waals surface area contributed by atoms with E-state index in [0.717, 1.165) is 6.07 Å². The molecule has 0 unspecified atom stereocenters. The van der Waals surface area contributed by atoms with Crippen LogP contribution in [0.5, 0.6) is 17.2 Å². The Kier molecular flexibility index (Phi) is 6.41. The third kappa shape index (κ3) is 3.80. The molecule has 1 aromatic rings. The van der Waals surface area contributed by atoms with Gasteiger partial charge in [-0.05, 0) is 13.0 Å². The summed E-state index contributed by atoms with van der Waals surface area (Å²) in [5.41, 5.74) is -0.331. The number of aromatic hydroxyl groups is 1. The van der Waals surface area contributed by atoms with Gasteiger partial charge < -0.3 is 59.4 Å². The molecule has 10 atom stereocenters. The molecule has 0 bridgehead atoms. The number of esters is 1. The number of carbonyl (C=O) groups excluding carboxylic acids is 1. The largest absolute Gasteiger partial charge is 0.504 e. The van der Waals surface area contributed by atoms with Crippen molar-refractivity contribution in [2.45, 2.75) is 68.1 Å². The highest BCUT2D eigenvalue weighted by Crippen LogP contribution is 2.50. The van der Waals surface area contributed by atoms with Crippen molar-refractivity contribution in [3.05, 3.63) is 17.2 Å². The Bertz CT molecular complexity index is 906. The van der Waals surface area contributed by atoms with Crippen LogP contribution in [-0.2, 0) is 14.2 Å². The second-order valence-corrected chi connectivity index (χ2v) is 8.15. The lowest BCUT2D eigenvalue weighted by Gasteiger charge is -2.44. The van der Waals surface area contributed by atoms with Gasteiger partial charge in [0.1, 0.15) is 42.7 Å². The van der Waals surface area contributed by atoms with Crippen molar-refractivity contribution < 1.29 is 64.2 Å². The number of aliphatic hydroxyl groups excluding tert-OH is 6. The molecule has 3 aliphatic rings. The quantitative estimate of drug-likeness (QED) is 0.222. The summed E-state index contributed by atoms with van der Waals surface area (Å²) in [6.45, 7) is 0.806. The number of hydrogen-bond acceptors (Lipinski definition) is 13. The van der Waals surface area contributed by atoms with Crippen LogP contribution in [0.3, 0.4) is 0 Å². The fraction of sp³-hybridized carbons (Fsp3) is 0.650. The number of methoxy groups -OCH3 is 1. The molecule has 4 rings (SSSR count). The van der Waals surface area contributed by atoms with Gasteiger partial charge in [-0.15, -0.1) is 0 Å². The average Bonchev–Trinajstić information content (AvgIpc) is 2.79. The van der Waals surface area contributed by atoms with Gasteiger partial charge in [0.25, 0.3) is 0 Å². The van der Waals surface area contributed by atoms with E-state index in [0.29, 0.717) is 0 Å². The molecule has 3 aliphatic heterocycles. The van der Waals surface area contributed by atoms with Gasteiger partial charge in [0, 0.05) is 5.56 Å². The maximum Gasteiger partial charge on any atom is 0.339 e. The zero-order valence-corrected chi connectivity index (χ0v) is 17.6. The summed E-state index contributed by atoms with van der Waals surface area (Å²) < 4.78 is 27.0. The van der Waals surface area contributed by atoms with E-state index in [-0.39, 0.29) is 22.6 Å². The SMILES string of the molecule is COc1c(O[C@@H]2O[C@@H](C)[C@H](O)[C@@H](O)[C@H]2O)cc2c(c1O)[C@@H]1O[C@H](CO)[C@@H](O)[C@H](O)[C@H]1OC2=O. The third-order valence-corrected chi connectivity index (χ3v) is 6.13. The number of phenolic OH excluding ortho intramolecular Hbond substituents is 1. The highest BCUT2D eigenvalue weighted by Gasteiger charge is 2.52. The van der Waals surface area contributed by atoms with Crippen molar-refractivity contribution >= 4 is 5.97 Å². The fourth-order valence-electron chi connectivity index (χ4n) is 4.26. The summed E-state index contributed by atoms with van der Waals surface area (Å²) in [4.78, 5) is 12.7. The summed E-state index contributed by atoms with van der Waals surface area (Å²) in [5.74, 6) is -2.11. The lowest BCUT2D eigenvalue weighted by molar-refractivity contribution is -0.268. The Morgan fingerprint density at radius 2 is 1.70 bits per heavy atom. The molecule has 3 heterocycles. The highest BCUT2D eigenvalue weighted by molar-refractivity contribution is 5.95. The number of rotatable bonds is 4. The van der Waals surface area contributed by atoms with Gasteiger partial charge in [0.15, 0.2) is 17.6 Å². The first-order chi connectivity index (χ1) is 15.6. The zero-order chi connectivity index (χ0) is 24.2. The van der Waals surface area contributed by atoms with Gasteiger partial charge in [-0.25, -0.2) is 4.79 Å². The molecule has 7 N–H and O–H groups in total. The molecular weight excluding hydrogens is 448 g/mol. The first-order valence-corrected chi connectivity index (χ1v) is 10.2. The lowest BCUT2D eigenvalue weighted by atomic mass is 9.86. The molecule has 0 saturated carbocycles. The smallest absolute Gasteiger partial charge is 0.339 e. The minimum atomic E-state index is -1.67. The maximum absolute atomic E-state index is 12.7. The Labute approximate surface area is 187 Å². The Balaban J connectivity index is 1.73. The third-order valence-electron chi connectivity index (χ3n) is 6.13. The lowest BCUT2D eigenvalue weighted by Crippen LogP contribution is -2.58. The van der Waals surface area contributed by atoms with Crippen LogP contribution < -0.4 is 9.47 Å². The second-order valence-electron chi connectivity index (χ2n) is 8.15. The van der Waals surface area contributed by atoms with Crippen molar-refractivity contribution in [2.24, 2.45) is 0 Å². The average molecular weight is 474 g/mol. The first-order valence-electron chi connectivity index (χ1n) is 10.2. The predicted octanol–water partition coefficient (Wildman–Crippen LogP) is -2.70. The van der Waals surface area contributed by atoms with Gasteiger partial charge in [0.2, 0.25) is 12.0 Å². The number of benzene rings is 1. The minimum absolute atomic E-state index is 0.112. The molecule has 0 aliphatic carbocycles. The summed E-state index contributed by atoms with van der Waals surface area (Å²) >= 11 is 0. The van der Waals surface area contributed by atoms with Crippen LogP contribution in [-0.4, -0.2) is 111 Å². The van der Waals surface area contributed by atoms with Crippen molar-refractivity contribution in [1.29, 1.82) is 0 Å². The Morgan fingerprint density at radius 1 is 1.00 bits per heavy atom. The van der Waals surface area contributed by atoms with E-state index in [1.54, 1.807) is 0 Å². The molecule has 2 saturated heterocycles. The number of ether oxygens (including phenoxy) is 5. The molecule has 184 valence electrons. The zero-order valence-electron chi connectivity index (χ0n) is 17.6. The van der Waals surface area contributed by atoms with Crippen LogP contribution in [0, 0.1) is 0 Å². The number of phenols is 1. The van der Waals surface area contributed by atoms with E-state index < -0.39 is 79.6 Å². The van der Waals surface area contributed by atoms with E-state index in [1.807, 2.05) is 0 Å². The number of hydrogen-bond donors (Lipinski definition) is 7. The first kappa shape index (κ1) is 23.9. The van der Waals surface area contributed by atoms with Gasteiger partial charge in [-0.3, -0.25) is 0 Å². The summed E-state index contributed by atoms with van der Waals surface area (Å²) in [7, 11) is 1.20. The maximum atomic E-state index is 12.7. The van der Waals surface area contributed by atoms with E-state index in [1.165, 1.54) is 14.0 Å². The number of aliphatic hydroxyl groups is 6. The fourth-order valence-corrected chi connectivity index (χ4v) is 4.26. The normalized spacial score (nSPS) is 40.4. The molecule has 13 nitrogen and oxygen atoms in total. The van der Waals surface area contributed by atoms with Crippen LogP contribution >= 0.6 is 0 Å². The summed E-state index contributed by atoms with van der Waals surface area (Å²) in [6.07, 6.45) is -14.0. The van der Waals surface area contributed by atoms with E-state index in [2.05, 4.69) is 0 Å². The van der Waals surface area contributed by atoms with Crippen molar-refractivity contribution in [1.82, 2.24) is 0 Å². The van der Waals surface area contributed by atoms with Gasteiger partial charge in [-0.2, -0.15) is 0 Å². The van der Waals surface area contributed by atoms with Crippen LogP contribution in [0.2, 0.25) is 0 Å². The molecule has 2 fully saturated rings. The molecule has 0 spiro atoms. The number of carbonyl (C=O) groups is 1. The molecule has 33 heavy (non-hydrogen) atoms. The van der Waals surface area contributed by atoms with Crippen LogP contribution in [0.1, 0.15) is 28.9 Å². The Morgan fingerprint density at radius 3 is 2.33 bits per heavy atom. The molecule has 13 heteroatoms.